The Morgan fingerprint density at radius 1 is 1.33 bits per heavy atom. The minimum Gasteiger partial charge on any atom is -0.461 e. The van der Waals surface area contributed by atoms with Gasteiger partial charge in [-0.1, -0.05) is 6.92 Å². The number of aryl methyl sites for hydroxylation is 3. The zero-order valence-corrected chi connectivity index (χ0v) is 13.1. The van der Waals surface area contributed by atoms with Gasteiger partial charge in [-0.15, -0.1) is 0 Å². The molecule has 1 aliphatic carbocycles. The predicted molar refractivity (Wildman–Crippen MR) is 83.3 cm³/mol. The molecule has 0 radical (unpaired) electrons. The molecule has 1 aliphatic rings. The van der Waals surface area contributed by atoms with E-state index in [-0.39, 0.29) is 0 Å². The summed E-state index contributed by atoms with van der Waals surface area (Å²) in [6.07, 6.45) is 5.04. The van der Waals surface area contributed by atoms with Gasteiger partial charge in [-0.05, 0) is 69.3 Å². The number of furan rings is 1. The van der Waals surface area contributed by atoms with Crippen LogP contribution < -0.4 is 5.32 Å². The summed E-state index contributed by atoms with van der Waals surface area (Å²) in [6.45, 7) is 8.41. The molecule has 1 N–H and O–H groups in total. The van der Waals surface area contributed by atoms with Crippen LogP contribution in [-0.4, -0.2) is 23.1 Å². The second-order valence-corrected chi connectivity index (χ2v) is 5.91. The van der Waals surface area contributed by atoms with E-state index in [1.54, 1.807) is 6.26 Å². The van der Waals surface area contributed by atoms with Gasteiger partial charge < -0.3 is 9.73 Å². The maximum atomic E-state index is 5.54. The summed E-state index contributed by atoms with van der Waals surface area (Å²) in [5.41, 5.74) is 4.75. The van der Waals surface area contributed by atoms with Crippen molar-refractivity contribution in [1.29, 1.82) is 0 Å². The number of rotatable bonds is 4. The molecule has 3 rings (SSSR count). The summed E-state index contributed by atoms with van der Waals surface area (Å²) in [7, 11) is 0. The fraction of sp³-hybridized carbons (Fsp3) is 0.529. The molecule has 2 aromatic heterocycles. The molecule has 0 bridgehead atoms. The first-order chi connectivity index (χ1) is 10.2. The standard InChI is InChI=1S/C17H23N3O/c1-4-18-10-13-5-6-15-14(9-13)12(3)19-17(20-15)16-11(2)7-8-21-16/h7-8,13,18H,4-6,9-10H2,1-3H3. The van der Waals surface area contributed by atoms with Crippen molar-refractivity contribution >= 4 is 0 Å². The first-order valence-corrected chi connectivity index (χ1v) is 7.80. The van der Waals surface area contributed by atoms with E-state index >= 15 is 0 Å². The molecule has 0 amide bonds. The molecule has 2 heterocycles. The van der Waals surface area contributed by atoms with Gasteiger partial charge in [0.15, 0.2) is 11.6 Å². The quantitative estimate of drug-likeness (QED) is 0.938. The Labute approximate surface area is 126 Å². The van der Waals surface area contributed by atoms with Gasteiger partial charge >= 0.3 is 0 Å². The molecule has 4 heteroatoms. The van der Waals surface area contributed by atoms with Crippen LogP contribution >= 0.6 is 0 Å². The van der Waals surface area contributed by atoms with E-state index in [1.807, 2.05) is 13.0 Å². The lowest BCUT2D eigenvalue weighted by Gasteiger charge is -2.25. The number of hydrogen-bond donors (Lipinski definition) is 1. The molecule has 112 valence electrons. The minimum atomic E-state index is 0.705. The minimum absolute atomic E-state index is 0.705. The van der Waals surface area contributed by atoms with Crippen molar-refractivity contribution in [3.63, 3.8) is 0 Å². The fourth-order valence-electron chi connectivity index (χ4n) is 3.09. The van der Waals surface area contributed by atoms with Gasteiger partial charge in [-0.2, -0.15) is 0 Å². The van der Waals surface area contributed by atoms with E-state index in [4.69, 9.17) is 9.40 Å². The summed E-state index contributed by atoms with van der Waals surface area (Å²) in [5, 5.41) is 3.45. The molecule has 0 aliphatic heterocycles. The number of nitrogens with one attached hydrogen (secondary N) is 1. The summed E-state index contributed by atoms with van der Waals surface area (Å²) in [4.78, 5) is 9.45. The van der Waals surface area contributed by atoms with E-state index < -0.39 is 0 Å². The van der Waals surface area contributed by atoms with Crippen LogP contribution in [0.1, 0.15) is 35.9 Å². The smallest absolute Gasteiger partial charge is 0.196 e. The monoisotopic (exact) mass is 285 g/mol. The number of nitrogens with zero attached hydrogens (tertiary/aromatic N) is 2. The van der Waals surface area contributed by atoms with Crippen LogP contribution in [0.3, 0.4) is 0 Å². The van der Waals surface area contributed by atoms with E-state index in [0.717, 1.165) is 48.8 Å². The van der Waals surface area contributed by atoms with Crippen molar-refractivity contribution in [1.82, 2.24) is 15.3 Å². The van der Waals surface area contributed by atoms with Crippen molar-refractivity contribution in [2.45, 2.75) is 40.0 Å². The molecule has 0 spiro atoms. The van der Waals surface area contributed by atoms with E-state index in [2.05, 4.69) is 24.1 Å². The zero-order chi connectivity index (χ0) is 14.8. The van der Waals surface area contributed by atoms with Crippen molar-refractivity contribution in [3.8, 4) is 11.6 Å². The van der Waals surface area contributed by atoms with Crippen molar-refractivity contribution in [2.24, 2.45) is 5.92 Å². The summed E-state index contributed by atoms with van der Waals surface area (Å²) >= 11 is 0. The van der Waals surface area contributed by atoms with Gasteiger partial charge in [0.1, 0.15) is 0 Å². The molecule has 0 fully saturated rings. The van der Waals surface area contributed by atoms with Gasteiger partial charge in [0.2, 0.25) is 0 Å². The molecular weight excluding hydrogens is 262 g/mol. The second kappa shape index (κ2) is 5.98. The molecule has 1 atom stereocenters. The lowest BCUT2D eigenvalue weighted by Crippen LogP contribution is -2.28. The molecular formula is C17H23N3O. The summed E-state index contributed by atoms with van der Waals surface area (Å²) in [6, 6.07) is 1.96. The summed E-state index contributed by atoms with van der Waals surface area (Å²) < 4.78 is 5.54. The highest BCUT2D eigenvalue weighted by Gasteiger charge is 2.23. The van der Waals surface area contributed by atoms with Crippen LogP contribution in [0.4, 0.5) is 0 Å². The van der Waals surface area contributed by atoms with Crippen molar-refractivity contribution in [3.05, 3.63) is 34.8 Å². The normalized spacial score (nSPS) is 17.8. The first kappa shape index (κ1) is 14.3. The van der Waals surface area contributed by atoms with Crippen LogP contribution in [0.15, 0.2) is 16.7 Å². The second-order valence-electron chi connectivity index (χ2n) is 5.91. The van der Waals surface area contributed by atoms with Crippen LogP contribution in [0.5, 0.6) is 0 Å². The van der Waals surface area contributed by atoms with E-state index in [1.165, 1.54) is 17.7 Å². The lowest BCUT2D eigenvalue weighted by atomic mass is 9.85. The molecule has 0 saturated carbocycles. The largest absolute Gasteiger partial charge is 0.461 e. The van der Waals surface area contributed by atoms with Crippen LogP contribution in [0, 0.1) is 19.8 Å². The Kier molecular flexibility index (Phi) is 4.06. The van der Waals surface area contributed by atoms with Crippen molar-refractivity contribution in [2.75, 3.05) is 13.1 Å². The highest BCUT2D eigenvalue weighted by Crippen LogP contribution is 2.29. The average Bonchev–Trinajstić information content (AvgIpc) is 2.91. The zero-order valence-electron chi connectivity index (χ0n) is 13.1. The molecule has 21 heavy (non-hydrogen) atoms. The number of fused-ring (bicyclic) bond motifs is 1. The van der Waals surface area contributed by atoms with Gasteiger partial charge in [0.25, 0.3) is 0 Å². The average molecular weight is 285 g/mol. The third-order valence-electron chi connectivity index (χ3n) is 4.33. The van der Waals surface area contributed by atoms with E-state index in [9.17, 15) is 0 Å². The third-order valence-corrected chi connectivity index (χ3v) is 4.33. The third kappa shape index (κ3) is 2.86. The Morgan fingerprint density at radius 2 is 2.19 bits per heavy atom. The molecule has 2 aromatic rings. The van der Waals surface area contributed by atoms with Gasteiger partial charge in [-0.25, -0.2) is 9.97 Å². The Morgan fingerprint density at radius 3 is 2.90 bits per heavy atom. The fourth-order valence-corrected chi connectivity index (χ4v) is 3.09. The lowest BCUT2D eigenvalue weighted by molar-refractivity contribution is 0.423. The molecule has 0 aromatic carbocycles. The number of aromatic nitrogens is 2. The van der Waals surface area contributed by atoms with Crippen LogP contribution in [0.25, 0.3) is 11.6 Å². The predicted octanol–water partition coefficient (Wildman–Crippen LogP) is 3.07. The Balaban J connectivity index is 1.88. The van der Waals surface area contributed by atoms with Gasteiger partial charge in [-0.3, -0.25) is 0 Å². The number of hydrogen-bond acceptors (Lipinski definition) is 4. The Hall–Kier alpha value is -1.68. The van der Waals surface area contributed by atoms with Crippen molar-refractivity contribution < 1.29 is 4.42 Å². The maximum absolute atomic E-state index is 5.54. The van der Waals surface area contributed by atoms with Crippen LogP contribution in [0.2, 0.25) is 0 Å². The molecule has 1 unspecified atom stereocenters. The van der Waals surface area contributed by atoms with Crippen LogP contribution in [-0.2, 0) is 12.8 Å². The molecule has 0 saturated heterocycles. The first-order valence-electron chi connectivity index (χ1n) is 7.80. The molecule has 4 nitrogen and oxygen atoms in total. The SMILES string of the molecule is CCNCC1CCc2nc(-c3occc3C)nc(C)c2C1. The summed E-state index contributed by atoms with van der Waals surface area (Å²) in [5.74, 6) is 2.24. The van der Waals surface area contributed by atoms with E-state index in [0.29, 0.717) is 5.92 Å². The highest BCUT2D eigenvalue weighted by molar-refractivity contribution is 5.53. The van der Waals surface area contributed by atoms with Gasteiger partial charge in [0.05, 0.1) is 6.26 Å². The highest BCUT2D eigenvalue weighted by atomic mass is 16.3. The topological polar surface area (TPSA) is 51.0 Å². The van der Waals surface area contributed by atoms with Gasteiger partial charge in [0, 0.05) is 11.4 Å². The Bertz CT molecular complexity index is 633. The maximum Gasteiger partial charge on any atom is 0.196 e.